The van der Waals surface area contributed by atoms with Gasteiger partial charge in [-0.1, -0.05) is 13.5 Å². The van der Waals surface area contributed by atoms with Crippen LogP contribution in [0, 0.1) is 0 Å². The Balaban J connectivity index is 2.49. The van der Waals surface area contributed by atoms with Gasteiger partial charge in [0.2, 0.25) is 0 Å². The third kappa shape index (κ3) is 1.25. The van der Waals surface area contributed by atoms with Crippen LogP contribution in [0.15, 0.2) is 24.7 Å². The molecule has 0 saturated carbocycles. The standard InChI is InChI=1S/C7H11NO/c1-3-7-5-8(4-2)6-9-7/h4-5H,2-3,6H2,1H3. The molecule has 0 aliphatic carbocycles. The van der Waals surface area contributed by atoms with Crippen LogP contribution in [-0.2, 0) is 4.74 Å². The van der Waals surface area contributed by atoms with Crippen molar-refractivity contribution in [2.45, 2.75) is 13.3 Å². The van der Waals surface area contributed by atoms with Gasteiger partial charge in [0.05, 0.1) is 0 Å². The van der Waals surface area contributed by atoms with Crippen molar-refractivity contribution >= 4 is 0 Å². The minimum Gasteiger partial charge on any atom is -0.476 e. The van der Waals surface area contributed by atoms with Gasteiger partial charge in [-0.3, -0.25) is 0 Å². The molecule has 1 aliphatic rings. The van der Waals surface area contributed by atoms with E-state index < -0.39 is 0 Å². The predicted octanol–water partition coefficient (Wildman–Crippen LogP) is 1.67. The number of hydrogen-bond donors (Lipinski definition) is 0. The molecule has 0 aromatic heterocycles. The third-order valence-corrected chi connectivity index (χ3v) is 1.29. The molecule has 0 aromatic rings. The molecule has 2 nitrogen and oxygen atoms in total. The zero-order valence-corrected chi connectivity index (χ0v) is 5.63. The van der Waals surface area contributed by atoms with E-state index in [4.69, 9.17) is 4.74 Å². The van der Waals surface area contributed by atoms with E-state index in [1.54, 1.807) is 6.20 Å². The van der Waals surface area contributed by atoms with E-state index in [-0.39, 0.29) is 0 Å². The van der Waals surface area contributed by atoms with E-state index in [1.807, 2.05) is 11.1 Å². The first kappa shape index (κ1) is 6.20. The first-order chi connectivity index (χ1) is 4.36. The van der Waals surface area contributed by atoms with Gasteiger partial charge in [0.25, 0.3) is 0 Å². The summed E-state index contributed by atoms with van der Waals surface area (Å²) in [7, 11) is 0. The quantitative estimate of drug-likeness (QED) is 0.556. The zero-order valence-electron chi connectivity index (χ0n) is 5.63. The molecule has 9 heavy (non-hydrogen) atoms. The second-order valence-electron chi connectivity index (χ2n) is 1.92. The van der Waals surface area contributed by atoms with Crippen LogP contribution in [0.25, 0.3) is 0 Å². The van der Waals surface area contributed by atoms with Crippen molar-refractivity contribution < 1.29 is 4.74 Å². The number of rotatable bonds is 2. The molecular weight excluding hydrogens is 114 g/mol. The van der Waals surface area contributed by atoms with Crippen LogP contribution in [0.1, 0.15) is 13.3 Å². The highest BCUT2D eigenvalue weighted by atomic mass is 16.5. The van der Waals surface area contributed by atoms with Crippen LogP contribution < -0.4 is 0 Å². The number of ether oxygens (including phenoxy) is 1. The van der Waals surface area contributed by atoms with Gasteiger partial charge in [-0.05, 0) is 6.20 Å². The van der Waals surface area contributed by atoms with Crippen LogP contribution >= 0.6 is 0 Å². The summed E-state index contributed by atoms with van der Waals surface area (Å²) in [5, 5.41) is 0. The summed E-state index contributed by atoms with van der Waals surface area (Å²) in [5.74, 6) is 1.04. The Morgan fingerprint density at radius 2 is 2.78 bits per heavy atom. The normalized spacial score (nSPS) is 17.0. The summed E-state index contributed by atoms with van der Waals surface area (Å²) >= 11 is 0. The Kier molecular flexibility index (Phi) is 1.78. The van der Waals surface area contributed by atoms with Crippen molar-refractivity contribution in [1.29, 1.82) is 0 Å². The monoisotopic (exact) mass is 125 g/mol. The molecule has 0 aromatic carbocycles. The van der Waals surface area contributed by atoms with Crippen LogP contribution in [0.3, 0.4) is 0 Å². The second kappa shape index (κ2) is 2.58. The fourth-order valence-corrected chi connectivity index (χ4v) is 0.716. The molecule has 0 fully saturated rings. The molecule has 0 spiro atoms. The minimum absolute atomic E-state index is 0.632. The Morgan fingerprint density at radius 3 is 3.11 bits per heavy atom. The van der Waals surface area contributed by atoms with Gasteiger partial charge in [-0.2, -0.15) is 0 Å². The maximum absolute atomic E-state index is 5.22. The first-order valence-electron chi connectivity index (χ1n) is 3.08. The molecule has 1 heterocycles. The highest BCUT2D eigenvalue weighted by Gasteiger charge is 2.06. The smallest absolute Gasteiger partial charge is 0.164 e. The molecule has 0 N–H and O–H groups in total. The SMILES string of the molecule is C=CN1C=C(CC)OC1. The average Bonchev–Trinajstić information content (AvgIpc) is 2.34. The Labute approximate surface area is 55.4 Å². The highest BCUT2D eigenvalue weighted by molar-refractivity contribution is 4.98. The maximum atomic E-state index is 5.22. The van der Waals surface area contributed by atoms with Crippen LogP contribution in [0.5, 0.6) is 0 Å². The van der Waals surface area contributed by atoms with E-state index in [0.717, 1.165) is 12.2 Å². The number of hydrogen-bond acceptors (Lipinski definition) is 2. The fourth-order valence-electron chi connectivity index (χ4n) is 0.716. The van der Waals surface area contributed by atoms with Crippen LogP contribution in [0.2, 0.25) is 0 Å². The van der Waals surface area contributed by atoms with Gasteiger partial charge < -0.3 is 9.64 Å². The molecular formula is C7H11NO. The van der Waals surface area contributed by atoms with Gasteiger partial charge in [0, 0.05) is 12.6 Å². The summed E-state index contributed by atoms with van der Waals surface area (Å²) in [4.78, 5) is 1.92. The molecule has 0 radical (unpaired) electrons. The van der Waals surface area contributed by atoms with Crippen molar-refractivity contribution in [3.8, 4) is 0 Å². The van der Waals surface area contributed by atoms with E-state index in [9.17, 15) is 0 Å². The topological polar surface area (TPSA) is 12.5 Å². The van der Waals surface area contributed by atoms with Gasteiger partial charge >= 0.3 is 0 Å². The molecule has 0 unspecified atom stereocenters. The summed E-state index contributed by atoms with van der Waals surface area (Å²) in [5.41, 5.74) is 0. The summed E-state index contributed by atoms with van der Waals surface area (Å²) in [6.45, 7) is 6.31. The van der Waals surface area contributed by atoms with Crippen LogP contribution in [0.4, 0.5) is 0 Å². The van der Waals surface area contributed by atoms with Crippen molar-refractivity contribution in [1.82, 2.24) is 4.90 Å². The Bertz CT molecular complexity index is 140. The van der Waals surface area contributed by atoms with E-state index >= 15 is 0 Å². The molecule has 1 aliphatic heterocycles. The van der Waals surface area contributed by atoms with Gasteiger partial charge in [-0.25, -0.2) is 0 Å². The number of nitrogens with zero attached hydrogens (tertiary/aromatic N) is 1. The summed E-state index contributed by atoms with van der Waals surface area (Å²) in [6.07, 6.45) is 4.68. The van der Waals surface area contributed by atoms with Crippen molar-refractivity contribution in [3.63, 3.8) is 0 Å². The van der Waals surface area contributed by atoms with Crippen molar-refractivity contribution in [2.75, 3.05) is 6.73 Å². The first-order valence-corrected chi connectivity index (χ1v) is 3.08. The summed E-state index contributed by atoms with van der Waals surface area (Å²) < 4.78 is 5.22. The molecule has 1 rings (SSSR count). The fraction of sp³-hybridized carbons (Fsp3) is 0.429. The lowest BCUT2D eigenvalue weighted by molar-refractivity contribution is 0.175. The zero-order chi connectivity index (χ0) is 6.69. The van der Waals surface area contributed by atoms with Crippen LogP contribution in [-0.4, -0.2) is 11.6 Å². The lowest BCUT2D eigenvalue weighted by atomic mass is 10.4. The van der Waals surface area contributed by atoms with Crippen molar-refractivity contribution in [2.24, 2.45) is 0 Å². The lowest BCUT2D eigenvalue weighted by Crippen LogP contribution is -2.04. The Morgan fingerprint density at radius 1 is 2.00 bits per heavy atom. The molecule has 0 atom stereocenters. The molecule has 0 bridgehead atoms. The van der Waals surface area contributed by atoms with E-state index in [1.165, 1.54) is 0 Å². The second-order valence-corrected chi connectivity index (χ2v) is 1.92. The summed E-state index contributed by atoms with van der Waals surface area (Å²) in [6, 6.07) is 0. The van der Waals surface area contributed by atoms with Crippen molar-refractivity contribution in [3.05, 3.63) is 24.7 Å². The van der Waals surface area contributed by atoms with E-state index in [0.29, 0.717) is 6.73 Å². The lowest BCUT2D eigenvalue weighted by Gasteiger charge is -2.03. The van der Waals surface area contributed by atoms with Gasteiger partial charge in [0.15, 0.2) is 6.73 Å². The molecule has 0 saturated heterocycles. The third-order valence-electron chi connectivity index (χ3n) is 1.29. The molecule has 2 heteroatoms. The van der Waals surface area contributed by atoms with Gasteiger partial charge in [-0.15, -0.1) is 0 Å². The molecule has 0 amide bonds. The van der Waals surface area contributed by atoms with E-state index in [2.05, 4.69) is 13.5 Å². The Hall–Kier alpha value is -0.920. The predicted molar refractivity (Wildman–Crippen MR) is 36.4 cm³/mol. The largest absolute Gasteiger partial charge is 0.476 e. The average molecular weight is 125 g/mol. The van der Waals surface area contributed by atoms with Gasteiger partial charge in [0.1, 0.15) is 5.76 Å². The maximum Gasteiger partial charge on any atom is 0.164 e. The highest BCUT2D eigenvalue weighted by Crippen LogP contribution is 2.12. The number of allylic oxidation sites excluding steroid dienone is 1. The minimum atomic E-state index is 0.632. The molecule has 50 valence electrons.